The molecule has 2 aromatic heterocycles. The second-order valence-corrected chi connectivity index (χ2v) is 4.95. The van der Waals surface area contributed by atoms with Gasteiger partial charge in [0.25, 0.3) is 0 Å². The maximum absolute atomic E-state index is 5.78. The van der Waals surface area contributed by atoms with Gasteiger partial charge in [0.2, 0.25) is 5.95 Å². The highest BCUT2D eigenvalue weighted by atomic mass is 15.2. The van der Waals surface area contributed by atoms with Gasteiger partial charge in [0.15, 0.2) is 11.5 Å². The molecule has 6 nitrogen and oxygen atoms in total. The molecule has 6 heteroatoms. The van der Waals surface area contributed by atoms with E-state index in [1.165, 1.54) is 11.1 Å². The summed E-state index contributed by atoms with van der Waals surface area (Å²) >= 11 is 0. The van der Waals surface area contributed by atoms with E-state index in [4.69, 9.17) is 5.73 Å². The Bertz CT molecular complexity index is 778. The zero-order valence-electron chi connectivity index (χ0n) is 10.9. The van der Waals surface area contributed by atoms with Gasteiger partial charge in [-0.25, -0.2) is 4.98 Å². The fourth-order valence-corrected chi connectivity index (χ4v) is 2.74. The number of anilines is 2. The van der Waals surface area contributed by atoms with Crippen molar-refractivity contribution in [3.8, 4) is 0 Å². The first-order valence-corrected chi connectivity index (χ1v) is 6.59. The zero-order chi connectivity index (χ0) is 13.5. The third-order valence-corrected chi connectivity index (χ3v) is 3.71. The molecule has 1 aromatic carbocycles. The molecule has 0 saturated carbocycles. The van der Waals surface area contributed by atoms with Gasteiger partial charge in [-0.3, -0.25) is 0 Å². The minimum absolute atomic E-state index is 0.262. The lowest BCUT2D eigenvalue weighted by atomic mass is 10.00. The van der Waals surface area contributed by atoms with E-state index in [0.717, 1.165) is 30.8 Å². The Kier molecular flexibility index (Phi) is 2.35. The second-order valence-electron chi connectivity index (χ2n) is 4.95. The molecule has 0 aliphatic carbocycles. The van der Waals surface area contributed by atoms with E-state index < -0.39 is 0 Å². The number of hydrogen-bond acceptors (Lipinski definition) is 5. The van der Waals surface area contributed by atoms with Crippen molar-refractivity contribution in [3.05, 3.63) is 41.7 Å². The van der Waals surface area contributed by atoms with Crippen LogP contribution in [-0.4, -0.2) is 26.5 Å². The summed E-state index contributed by atoms with van der Waals surface area (Å²) in [5, 5.41) is 0. The fourth-order valence-electron chi connectivity index (χ4n) is 2.74. The number of nitrogens with zero attached hydrogens (tertiary/aromatic N) is 4. The Balaban J connectivity index is 1.79. The first-order chi connectivity index (χ1) is 9.81. The molecular weight excluding hydrogens is 252 g/mol. The van der Waals surface area contributed by atoms with Crippen LogP contribution in [0.3, 0.4) is 0 Å². The third-order valence-electron chi connectivity index (χ3n) is 3.71. The van der Waals surface area contributed by atoms with Crippen molar-refractivity contribution >= 4 is 22.9 Å². The van der Waals surface area contributed by atoms with Gasteiger partial charge in [-0.1, -0.05) is 24.3 Å². The van der Waals surface area contributed by atoms with Crippen LogP contribution in [0.15, 0.2) is 30.6 Å². The van der Waals surface area contributed by atoms with Crippen molar-refractivity contribution in [1.29, 1.82) is 0 Å². The summed E-state index contributed by atoms with van der Waals surface area (Å²) in [5.41, 5.74) is 9.99. The van der Waals surface area contributed by atoms with Gasteiger partial charge in [-0.05, 0) is 17.5 Å². The second kappa shape index (κ2) is 4.19. The van der Waals surface area contributed by atoms with Crippen LogP contribution in [0, 0.1) is 0 Å². The average molecular weight is 266 g/mol. The molecule has 20 heavy (non-hydrogen) atoms. The summed E-state index contributed by atoms with van der Waals surface area (Å²) in [4.78, 5) is 18.0. The molecule has 3 N–H and O–H groups in total. The number of nitrogens with two attached hydrogens (primary N) is 1. The number of hydrogen-bond donors (Lipinski definition) is 2. The van der Waals surface area contributed by atoms with Crippen molar-refractivity contribution in [3.63, 3.8) is 0 Å². The van der Waals surface area contributed by atoms with Gasteiger partial charge >= 0.3 is 0 Å². The number of aromatic amines is 1. The Morgan fingerprint density at radius 2 is 2.00 bits per heavy atom. The summed E-state index contributed by atoms with van der Waals surface area (Å²) in [6, 6.07) is 8.51. The number of nitrogens with one attached hydrogen (secondary N) is 1. The van der Waals surface area contributed by atoms with Gasteiger partial charge in [0, 0.05) is 13.1 Å². The molecule has 1 aliphatic heterocycles. The van der Waals surface area contributed by atoms with Crippen LogP contribution in [0.25, 0.3) is 11.2 Å². The standard InChI is InChI=1S/C14H14N6/c15-14-18-12-11(16-8-17-12)13(19-14)20-6-5-9-3-1-2-4-10(9)7-20/h1-4,8H,5-7H2,(H3,15,16,17,18,19). The van der Waals surface area contributed by atoms with E-state index in [1.54, 1.807) is 6.33 Å². The molecule has 100 valence electrons. The van der Waals surface area contributed by atoms with E-state index >= 15 is 0 Å². The molecular formula is C14H14N6. The highest BCUT2D eigenvalue weighted by molar-refractivity contribution is 5.84. The Labute approximate surface area is 115 Å². The predicted octanol–water partition coefficient (Wildman–Crippen LogP) is 1.50. The van der Waals surface area contributed by atoms with Gasteiger partial charge in [-0.2, -0.15) is 9.97 Å². The number of nitrogen functional groups attached to an aromatic ring is 1. The fraction of sp³-hybridized carbons (Fsp3) is 0.214. The predicted molar refractivity (Wildman–Crippen MR) is 77.3 cm³/mol. The third kappa shape index (κ3) is 1.69. The molecule has 0 amide bonds. The van der Waals surface area contributed by atoms with Crippen LogP contribution < -0.4 is 10.6 Å². The number of rotatable bonds is 1. The number of fused-ring (bicyclic) bond motifs is 2. The number of benzene rings is 1. The minimum Gasteiger partial charge on any atom is -0.368 e. The molecule has 0 radical (unpaired) electrons. The number of imidazole rings is 1. The Morgan fingerprint density at radius 1 is 1.15 bits per heavy atom. The van der Waals surface area contributed by atoms with Crippen LogP contribution >= 0.6 is 0 Å². The maximum atomic E-state index is 5.78. The minimum atomic E-state index is 0.262. The summed E-state index contributed by atoms with van der Waals surface area (Å²) in [6.45, 7) is 1.75. The molecule has 4 rings (SSSR count). The van der Waals surface area contributed by atoms with Crippen molar-refractivity contribution in [2.24, 2.45) is 0 Å². The SMILES string of the molecule is Nc1nc(N2CCc3ccccc3C2)c2[nH]cnc2n1. The Morgan fingerprint density at radius 3 is 2.90 bits per heavy atom. The highest BCUT2D eigenvalue weighted by Gasteiger charge is 2.20. The molecule has 0 fully saturated rings. The summed E-state index contributed by atoms with van der Waals surface area (Å²) in [7, 11) is 0. The first kappa shape index (κ1) is 11.2. The Hall–Kier alpha value is -2.63. The number of aromatic nitrogens is 4. The summed E-state index contributed by atoms with van der Waals surface area (Å²) in [6.07, 6.45) is 2.63. The molecule has 0 spiro atoms. The molecule has 0 atom stereocenters. The maximum Gasteiger partial charge on any atom is 0.224 e. The smallest absolute Gasteiger partial charge is 0.224 e. The van der Waals surface area contributed by atoms with Gasteiger partial charge in [0.1, 0.15) is 5.52 Å². The quantitative estimate of drug-likeness (QED) is 0.697. The average Bonchev–Trinajstić information content (AvgIpc) is 2.94. The van der Waals surface area contributed by atoms with Crippen LogP contribution in [0.4, 0.5) is 11.8 Å². The van der Waals surface area contributed by atoms with Gasteiger partial charge in [0.05, 0.1) is 6.33 Å². The van der Waals surface area contributed by atoms with E-state index in [-0.39, 0.29) is 5.95 Å². The van der Waals surface area contributed by atoms with Crippen molar-refractivity contribution in [2.75, 3.05) is 17.2 Å². The van der Waals surface area contributed by atoms with E-state index in [9.17, 15) is 0 Å². The zero-order valence-corrected chi connectivity index (χ0v) is 10.9. The van der Waals surface area contributed by atoms with Crippen molar-refractivity contribution in [2.45, 2.75) is 13.0 Å². The number of H-pyrrole nitrogens is 1. The van der Waals surface area contributed by atoms with Crippen LogP contribution in [-0.2, 0) is 13.0 Å². The molecule has 0 unspecified atom stereocenters. The molecule has 0 bridgehead atoms. The van der Waals surface area contributed by atoms with Crippen LogP contribution in [0.5, 0.6) is 0 Å². The van der Waals surface area contributed by atoms with Crippen molar-refractivity contribution < 1.29 is 0 Å². The molecule has 0 saturated heterocycles. The monoisotopic (exact) mass is 266 g/mol. The summed E-state index contributed by atoms with van der Waals surface area (Å²) in [5.74, 6) is 1.10. The molecule has 3 heterocycles. The van der Waals surface area contributed by atoms with Gasteiger partial charge < -0.3 is 15.6 Å². The molecule has 1 aliphatic rings. The highest BCUT2D eigenvalue weighted by Crippen LogP contribution is 2.27. The lowest BCUT2D eigenvalue weighted by Gasteiger charge is -2.29. The van der Waals surface area contributed by atoms with Crippen LogP contribution in [0.2, 0.25) is 0 Å². The lowest BCUT2D eigenvalue weighted by Crippen LogP contribution is -2.31. The van der Waals surface area contributed by atoms with E-state index in [1.807, 2.05) is 0 Å². The first-order valence-electron chi connectivity index (χ1n) is 6.59. The molecule has 3 aromatic rings. The van der Waals surface area contributed by atoms with Crippen LogP contribution in [0.1, 0.15) is 11.1 Å². The topological polar surface area (TPSA) is 83.7 Å². The normalized spacial score (nSPS) is 14.5. The van der Waals surface area contributed by atoms with E-state index in [2.05, 4.69) is 49.1 Å². The summed E-state index contributed by atoms with van der Waals surface area (Å²) < 4.78 is 0. The largest absolute Gasteiger partial charge is 0.368 e. The van der Waals surface area contributed by atoms with E-state index in [0.29, 0.717) is 5.65 Å². The van der Waals surface area contributed by atoms with Gasteiger partial charge in [-0.15, -0.1) is 0 Å². The lowest BCUT2D eigenvalue weighted by molar-refractivity contribution is 0.723. The van der Waals surface area contributed by atoms with Crippen molar-refractivity contribution in [1.82, 2.24) is 19.9 Å².